The van der Waals surface area contributed by atoms with Crippen LogP contribution in [0.25, 0.3) is 0 Å². The molecular weight excluding hydrogens is 335 g/mol. The zero-order valence-corrected chi connectivity index (χ0v) is 14.5. The van der Waals surface area contributed by atoms with E-state index in [1.54, 1.807) is 54.3 Å². The number of aryl methyl sites for hydroxylation is 1. The summed E-state index contributed by atoms with van der Waals surface area (Å²) in [4.78, 5) is 20.7. The molecule has 0 spiro atoms. The molecule has 3 aromatic rings. The van der Waals surface area contributed by atoms with Crippen molar-refractivity contribution >= 4 is 5.91 Å². The third kappa shape index (κ3) is 3.88. The molecule has 134 valence electrons. The number of ether oxygens (including phenoxy) is 1. The predicted octanol–water partition coefficient (Wildman–Crippen LogP) is 3.40. The van der Waals surface area contributed by atoms with E-state index in [4.69, 9.17) is 4.74 Å². The van der Waals surface area contributed by atoms with Crippen molar-refractivity contribution in [1.82, 2.24) is 19.9 Å². The Morgan fingerprint density at radius 2 is 2.04 bits per heavy atom. The van der Waals surface area contributed by atoms with Gasteiger partial charge in [0.25, 0.3) is 0 Å². The molecular formula is C19H19FN4O2. The van der Waals surface area contributed by atoms with Crippen molar-refractivity contribution in [3.8, 4) is 11.6 Å². The molecule has 2 aromatic heterocycles. The number of pyridine rings is 1. The highest BCUT2D eigenvalue weighted by Crippen LogP contribution is 2.25. The Morgan fingerprint density at radius 3 is 2.77 bits per heavy atom. The Hall–Kier alpha value is -3.22. The molecule has 0 saturated heterocycles. The molecule has 1 amide bonds. The fourth-order valence-electron chi connectivity index (χ4n) is 2.54. The van der Waals surface area contributed by atoms with E-state index in [2.05, 4.69) is 15.3 Å². The summed E-state index contributed by atoms with van der Waals surface area (Å²) in [5.74, 6) is 0.465. The Kier molecular flexibility index (Phi) is 5.26. The van der Waals surface area contributed by atoms with Crippen molar-refractivity contribution in [2.75, 3.05) is 0 Å². The Labute approximate surface area is 150 Å². The zero-order chi connectivity index (χ0) is 18.5. The smallest absolute Gasteiger partial charge is 0.243 e. The zero-order valence-electron chi connectivity index (χ0n) is 14.5. The molecule has 0 fully saturated rings. The second kappa shape index (κ2) is 7.77. The van der Waals surface area contributed by atoms with Crippen molar-refractivity contribution < 1.29 is 13.9 Å². The number of carbonyl (C=O) groups is 1. The highest BCUT2D eigenvalue weighted by atomic mass is 19.1. The van der Waals surface area contributed by atoms with Crippen molar-refractivity contribution in [3.05, 3.63) is 72.2 Å². The van der Waals surface area contributed by atoms with Crippen LogP contribution in [-0.2, 0) is 11.3 Å². The third-order valence-electron chi connectivity index (χ3n) is 4.01. The van der Waals surface area contributed by atoms with Gasteiger partial charge in [-0.25, -0.2) is 14.4 Å². The number of amides is 1. The second-order valence-corrected chi connectivity index (χ2v) is 5.78. The van der Waals surface area contributed by atoms with E-state index in [1.165, 1.54) is 12.1 Å². The minimum absolute atomic E-state index is 0.0844. The number of hydrogen-bond acceptors (Lipinski definition) is 4. The van der Waals surface area contributed by atoms with E-state index in [0.29, 0.717) is 5.56 Å². The second-order valence-electron chi connectivity index (χ2n) is 5.78. The molecule has 0 unspecified atom stereocenters. The van der Waals surface area contributed by atoms with Gasteiger partial charge >= 0.3 is 0 Å². The van der Waals surface area contributed by atoms with Crippen LogP contribution in [0.4, 0.5) is 4.39 Å². The normalized spacial score (nSPS) is 11.8. The monoisotopic (exact) mass is 354 g/mol. The number of carbonyl (C=O) groups excluding carboxylic acids is 1. The summed E-state index contributed by atoms with van der Waals surface area (Å²) < 4.78 is 21.1. The van der Waals surface area contributed by atoms with Crippen LogP contribution in [0, 0.1) is 12.7 Å². The van der Waals surface area contributed by atoms with E-state index in [-0.39, 0.29) is 24.1 Å². The maximum atomic E-state index is 13.8. The molecule has 0 aliphatic heterocycles. The van der Waals surface area contributed by atoms with Crippen LogP contribution >= 0.6 is 0 Å². The van der Waals surface area contributed by atoms with E-state index < -0.39 is 11.9 Å². The average Bonchev–Trinajstić information content (AvgIpc) is 3.08. The first-order valence-electron chi connectivity index (χ1n) is 8.19. The van der Waals surface area contributed by atoms with Crippen LogP contribution in [0.5, 0.6) is 11.6 Å². The first-order valence-corrected chi connectivity index (χ1v) is 8.19. The van der Waals surface area contributed by atoms with Gasteiger partial charge in [-0.3, -0.25) is 4.79 Å². The lowest BCUT2D eigenvalue weighted by Crippen LogP contribution is -2.31. The van der Waals surface area contributed by atoms with Gasteiger partial charge in [-0.05, 0) is 32.0 Å². The molecule has 0 bridgehead atoms. The molecule has 6 nitrogen and oxygen atoms in total. The van der Waals surface area contributed by atoms with Crippen LogP contribution in [0.1, 0.15) is 24.4 Å². The number of nitrogens with one attached hydrogen (secondary N) is 1. The van der Waals surface area contributed by atoms with Gasteiger partial charge in [0.1, 0.15) is 11.9 Å². The Bertz CT molecular complexity index is 910. The summed E-state index contributed by atoms with van der Waals surface area (Å²) >= 11 is 0. The fourth-order valence-corrected chi connectivity index (χ4v) is 2.54. The SMILES string of the molecule is Cc1nccn1[C@H](C)C(=O)NCc1cccnc1Oc1ccccc1F. The number of hydrogen-bond donors (Lipinski definition) is 1. The van der Waals surface area contributed by atoms with Gasteiger partial charge in [0.05, 0.1) is 0 Å². The number of halogens is 1. The molecule has 0 aliphatic carbocycles. The minimum Gasteiger partial charge on any atom is -0.436 e. The summed E-state index contributed by atoms with van der Waals surface area (Å²) in [6, 6.07) is 9.21. The highest BCUT2D eigenvalue weighted by molar-refractivity contribution is 5.80. The quantitative estimate of drug-likeness (QED) is 0.737. The van der Waals surface area contributed by atoms with Gasteiger partial charge < -0.3 is 14.6 Å². The molecule has 26 heavy (non-hydrogen) atoms. The number of para-hydroxylation sites is 1. The third-order valence-corrected chi connectivity index (χ3v) is 4.01. The van der Waals surface area contributed by atoms with Crippen LogP contribution < -0.4 is 10.1 Å². The number of nitrogens with zero attached hydrogens (tertiary/aromatic N) is 3. The van der Waals surface area contributed by atoms with Crippen LogP contribution in [-0.4, -0.2) is 20.4 Å². The number of rotatable bonds is 6. The van der Waals surface area contributed by atoms with Gasteiger partial charge in [0.15, 0.2) is 11.6 Å². The fraction of sp³-hybridized carbons (Fsp3) is 0.211. The van der Waals surface area contributed by atoms with Crippen LogP contribution in [0.15, 0.2) is 55.0 Å². The summed E-state index contributed by atoms with van der Waals surface area (Å²) in [5.41, 5.74) is 0.652. The first kappa shape index (κ1) is 17.6. The lowest BCUT2D eigenvalue weighted by molar-refractivity contribution is -0.124. The molecule has 1 atom stereocenters. The summed E-state index contributed by atoms with van der Waals surface area (Å²) in [5, 5.41) is 2.85. The minimum atomic E-state index is -0.475. The van der Waals surface area contributed by atoms with Gasteiger partial charge in [0.2, 0.25) is 11.8 Å². The van der Waals surface area contributed by atoms with Crippen molar-refractivity contribution in [3.63, 3.8) is 0 Å². The molecule has 1 aromatic carbocycles. The molecule has 2 heterocycles. The van der Waals surface area contributed by atoms with Gasteiger partial charge in [-0.15, -0.1) is 0 Å². The van der Waals surface area contributed by atoms with E-state index in [0.717, 1.165) is 5.82 Å². The molecule has 3 rings (SSSR count). The Balaban J connectivity index is 1.70. The van der Waals surface area contributed by atoms with Crippen LogP contribution in [0.2, 0.25) is 0 Å². The number of imidazole rings is 1. The van der Waals surface area contributed by atoms with Gasteiger partial charge in [0, 0.05) is 30.7 Å². The molecule has 1 N–H and O–H groups in total. The summed E-state index contributed by atoms with van der Waals surface area (Å²) in [6.07, 6.45) is 4.97. The number of aromatic nitrogens is 3. The maximum absolute atomic E-state index is 13.8. The van der Waals surface area contributed by atoms with Crippen LogP contribution in [0.3, 0.4) is 0 Å². The molecule has 0 saturated carbocycles. The topological polar surface area (TPSA) is 69.0 Å². The van der Waals surface area contributed by atoms with E-state index in [1.807, 2.05) is 6.92 Å². The molecule has 0 radical (unpaired) electrons. The Morgan fingerprint density at radius 1 is 1.23 bits per heavy atom. The summed E-state index contributed by atoms with van der Waals surface area (Å²) in [7, 11) is 0. The van der Waals surface area contributed by atoms with E-state index in [9.17, 15) is 9.18 Å². The highest BCUT2D eigenvalue weighted by Gasteiger charge is 2.17. The molecule has 7 heteroatoms. The van der Waals surface area contributed by atoms with Crippen molar-refractivity contribution in [2.24, 2.45) is 0 Å². The van der Waals surface area contributed by atoms with E-state index >= 15 is 0 Å². The average molecular weight is 354 g/mol. The largest absolute Gasteiger partial charge is 0.436 e. The summed E-state index contributed by atoms with van der Waals surface area (Å²) in [6.45, 7) is 3.85. The first-order chi connectivity index (χ1) is 12.6. The van der Waals surface area contributed by atoms with Crippen molar-refractivity contribution in [2.45, 2.75) is 26.4 Å². The lowest BCUT2D eigenvalue weighted by Gasteiger charge is -2.16. The van der Waals surface area contributed by atoms with Gasteiger partial charge in [-0.2, -0.15) is 0 Å². The van der Waals surface area contributed by atoms with Gasteiger partial charge in [-0.1, -0.05) is 18.2 Å². The van der Waals surface area contributed by atoms with Crippen molar-refractivity contribution in [1.29, 1.82) is 0 Å². The lowest BCUT2D eigenvalue weighted by atomic mass is 10.2. The number of benzene rings is 1. The predicted molar refractivity (Wildman–Crippen MR) is 94.2 cm³/mol. The molecule has 0 aliphatic rings. The standard InChI is InChI=1S/C19H19FN4O2/c1-13(24-11-10-21-14(24)2)18(25)23-12-15-6-5-9-22-19(15)26-17-8-4-3-7-16(17)20/h3-11,13H,12H2,1-2H3,(H,23,25)/t13-/m1/s1. The maximum Gasteiger partial charge on any atom is 0.243 e.